The van der Waals surface area contributed by atoms with Crippen LogP contribution in [0.25, 0.3) is 16.6 Å². The number of hydroxylamine groups is 1. The Balaban J connectivity index is 1.29. The van der Waals surface area contributed by atoms with E-state index in [0.29, 0.717) is 6.54 Å². The molecular weight excluding hydrogens is 436 g/mol. The quantitative estimate of drug-likeness (QED) is 0.460. The molecule has 0 radical (unpaired) electrons. The highest BCUT2D eigenvalue weighted by Crippen LogP contribution is 2.24. The monoisotopic (exact) mass is 470 g/mol. The fraction of sp³-hybridized carbons (Fsp3) is 0.440. The van der Waals surface area contributed by atoms with E-state index in [2.05, 4.69) is 39.1 Å². The van der Waals surface area contributed by atoms with E-state index in [-0.39, 0.29) is 17.1 Å². The first-order valence-electron chi connectivity index (χ1n) is 11.6. The third-order valence-corrected chi connectivity index (χ3v) is 8.76. The SMILES string of the molecule is CC(C)(C)S(=O)(=O)NCC1CCC([NH+]([O-])Nc2ccc(-n3ccc4ccccc43)cc2)CC1. The van der Waals surface area contributed by atoms with Crippen LogP contribution in [-0.2, 0) is 10.0 Å². The van der Waals surface area contributed by atoms with Crippen LogP contribution in [0.2, 0.25) is 0 Å². The summed E-state index contributed by atoms with van der Waals surface area (Å²) in [5.41, 5.74) is 6.04. The summed E-state index contributed by atoms with van der Waals surface area (Å²) in [5, 5.41) is 14.0. The highest BCUT2D eigenvalue weighted by molar-refractivity contribution is 7.90. The number of anilines is 1. The number of rotatable bonds is 7. The second kappa shape index (κ2) is 9.46. The summed E-state index contributed by atoms with van der Waals surface area (Å²) in [6, 6.07) is 18.2. The summed E-state index contributed by atoms with van der Waals surface area (Å²) in [4.78, 5) is 0. The van der Waals surface area contributed by atoms with Gasteiger partial charge in [0.05, 0.1) is 16.0 Å². The van der Waals surface area contributed by atoms with Gasteiger partial charge in [-0.05, 0) is 81.3 Å². The molecule has 1 atom stereocenters. The van der Waals surface area contributed by atoms with Crippen LogP contribution in [0.5, 0.6) is 0 Å². The van der Waals surface area contributed by atoms with Gasteiger partial charge in [0, 0.05) is 31.3 Å². The number of hydrogen-bond donors (Lipinski definition) is 3. The van der Waals surface area contributed by atoms with Crippen LogP contribution in [0, 0.1) is 11.1 Å². The fourth-order valence-electron chi connectivity index (χ4n) is 4.33. The van der Waals surface area contributed by atoms with Gasteiger partial charge in [-0.3, -0.25) is 5.17 Å². The summed E-state index contributed by atoms with van der Waals surface area (Å²) in [5.74, 6) is 0.279. The van der Waals surface area contributed by atoms with Crippen molar-refractivity contribution in [3.8, 4) is 5.69 Å². The Hall–Kier alpha value is -2.39. The van der Waals surface area contributed by atoms with Crippen molar-refractivity contribution in [2.75, 3.05) is 12.0 Å². The van der Waals surface area contributed by atoms with E-state index in [1.165, 1.54) is 5.39 Å². The van der Waals surface area contributed by atoms with E-state index >= 15 is 0 Å². The molecule has 4 rings (SSSR count). The van der Waals surface area contributed by atoms with Crippen molar-refractivity contribution in [1.29, 1.82) is 0 Å². The van der Waals surface area contributed by atoms with Crippen molar-refractivity contribution >= 4 is 26.6 Å². The molecule has 1 saturated carbocycles. The molecule has 1 unspecified atom stereocenters. The molecule has 1 aliphatic carbocycles. The molecule has 7 nitrogen and oxygen atoms in total. The van der Waals surface area contributed by atoms with Gasteiger partial charge in [0.2, 0.25) is 10.0 Å². The van der Waals surface area contributed by atoms with Crippen molar-refractivity contribution in [3.05, 3.63) is 66.0 Å². The molecule has 2 aromatic carbocycles. The first-order valence-corrected chi connectivity index (χ1v) is 13.1. The summed E-state index contributed by atoms with van der Waals surface area (Å²) in [7, 11) is -3.33. The number of nitrogens with one attached hydrogen (secondary N) is 3. The largest absolute Gasteiger partial charge is 0.608 e. The molecule has 3 aromatic rings. The molecule has 0 spiro atoms. The standard InChI is InChI=1S/C25H34N4O3S/c1-25(2,3)33(31,32)26-18-19-8-12-23(13-9-19)29(30)27-21-10-14-22(15-11-21)28-17-16-20-6-4-5-7-24(20)28/h4-7,10-11,14-17,19,23,26-27,29H,8-9,12-13,18H2,1-3H3. The lowest BCUT2D eigenvalue weighted by Gasteiger charge is -2.36. The number of benzene rings is 2. The summed E-state index contributed by atoms with van der Waals surface area (Å²) in [6.45, 7) is 5.54. The molecule has 1 heterocycles. The third-order valence-electron chi connectivity index (χ3n) is 6.60. The average molecular weight is 471 g/mol. The first kappa shape index (κ1) is 23.8. The number of nitrogens with zero attached hydrogens (tertiary/aromatic N) is 1. The molecule has 1 fully saturated rings. The molecule has 0 amide bonds. The third kappa shape index (κ3) is 5.41. The Kier molecular flexibility index (Phi) is 6.81. The molecule has 33 heavy (non-hydrogen) atoms. The van der Waals surface area contributed by atoms with Gasteiger partial charge >= 0.3 is 0 Å². The Labute approximate surface area is 196 Å². The number of para-hydroxylation sites is 1. The predicted molar refractivity (Wildman–Crippen MR) is 134 cm³/mol. The van der Waals surface area contributed by atoms with Crippen LogP contribution in [0.3, 0.4) is 0 Å². The second-order valence-corrected chi connectivity index (χ2v) is 12.5. The Bertz CT molecular complexity index is 1170. The summed E-state index contributed by atoms with van der Waals surface area (Å²) >= 11 is 0. The maximum Gasteiger partial charge on any atom is 0.216 e. The highest BCUT2D eigenvalue weighted by atomic mass is 32.2. The summed E-state index contributed by atoms with van der Waals surface area (Å²) < 4.78 is 28.6. The molecule has 1 aliphatic rings. The van der Waals surface area contributed by atoms with Crippen LogP contribution in [0.15, 0.2) is 60.8 Å². The van der Waals surface area contributed by atoms with Crippen LogP contribution < -0.4 is 15.3 Å². The minimum Gasteiger partial charge on any atom is -0.608 e. The van der Waals surface area contributed by atoms with Gasteiger partial charge in [0.1, 0.15) is 6.04 Å². The van der Waals surface area contributed by atoms with E-state index in [9.17, 15) is 13.6 Å². The molecule has 3 N–H and O–H groups in total. The number of fused-ring (bicyclic) bond motifs is 1. The van der Waals surface area contributed by atoms with Crippen molar-refractivity contribution in [1.82, 2.24) is 9.29 Å². The van der Waals surface area contributed by atoms with E-state index in [4.69, 9.17) is 0 Å². The zero-order chi connectivity index (χ0) is 23.6. The maximum atomic E-state index is 12.8. The van der Waals surface area contributed by atoms with Gasteiger partial charge in [-0.1, -0.05) is 18.2 Å². The minimum atomic E-state index is -3.33. The Morgan fingerprint density at radius 1 is 1.00 bits per heavy atom. The Morgan fingerprint density at radius 3 is 2.33 bits per heavy atom. The lowest BCUT2D eigenvalue weighted by molar-refractivity contribution is -0.854. The lowest BCUT2D eigenvalue weighted by atomic mass is 9.86. The highest BCUT2D eigenvalue weighted by Gasteiger charge is 2.31. The molecule has 1 aromatic heterocycles. The van der Waals surface area contributed by atoms with Crippen molar-refractivity contribution in [3.63, 3.8) is 0 Å². The average Bonchev–Trinajstić information content (AvgIpc) is 3.22. The maximum absolute atomic E-state index is 12.8. The number of aromatic nitrogens is 1. The first-order chi connectivity index (χ1) is 15.6. The van der Waals surface area contributed by atoms with Crippen LogP contribution in [0.1, 0.15) is 46.5 Å². The van der Waals surface area contributed by atoms with E-state index in [0.717, 1.165) is 42.6 Å². The van der Waals surface area contributed by atoms with Crippen LogP contribution in [-0.4, -0.2) is 30.3 Å². The number of sulfonamides is 1. The normalized spacial score (nSPS) is 20.6. The minimum absolute atomic E-state index is 0.0338. The zero-order valence-electron chi connectivity index (χ0n) is 19.5. The van der Waals surface area contributed by atoms with Gasteiger partial charge in [-0.2, -0.15) is 0 Å². The topological polar surface area (TPSA) is 90.6 Å². The second-order valence-electron chi connectivity index (χ2n) is 9.96. The molecule has 178 valence electrons. The Morgan fingerprint density at radius 2 is 1.67 bits per heavy atom. The van der Waals surface area contributed by atoms with E-state index < -0.39 is 14.8 Å². The molecular formula is C25H34N4O3S. The number of hydrogen-bond acceptors (Lipinski definition) is 4. The summed E-state index contributed by atoms with van der Waals surface area (Å²) in [6.07, 6.45) is 5.31. The van der Waals surface area contributed by atoms with Gasteiger partial charge in [0.15, 0.2) is 0 Å². The lowest BCUT2D eigenvalue weighted by Crippen LogP contribution is -3.14. The van der Waals surface area contributed by atoms with Gasteiger partial charge < -0.3 is 9.77 Å². The molecule has 0 bridgehead atoms. The smallest absolute Gasteiger partial charge is 0.216 e. The van der Waals surface area contributed by atoms with Crippen LogP contribution >= 0.6 is 0 Å². The van der Waals surface area contributed by atoms with E-state index in [1.54, 1.807) is 20.8 Å². The number of quaternary nitrogens is 1. The molecule has 8 heteroatoms. The van der Waals surface area contributed by atoms with Crippen molar-refractivity contribution in [2.24, 2.45) is 5.92 Å². The fourth-order valence-corrected chi connectivity index (χ4v) is 5.22. The molecule has 0 aliphatic heterocycles. The van der Waals surface area contributed by atoms with E-state index in [1.807, 2.05) is 36.4 Å². The van der Waals surface area contributed by atoms with Crippen molar-refractivity contribution < 1.29 is 13.6 Å². The van der Waals surface area contributed by atoms with Gasteiger partial charge in [0.25, 0.3) is 0 Å². The predicted octanol–water partition coefficient (Wildman–Crippen LogP) is 3.62. The van der Waals surface area contributed by atoms with Gasteiger partial charge in [-0.15, -0.1) is 0 Å². The van der Waals surface area contributed by atoms with Crippen molar-refractivity contribution in [2.45, 2.75) is 57.2 Å². The van der Waals surface area contributed by atoms with Crippen LogP contribution in [0.4, 0.5) is 5.69 Å². The zero-order valence-corrected chi connectivity index (χ0v) is 20.4. The van der Waals surface area contributed by atoms with Gasteiger partial charge in [-0.25, -0.2) is 18.6 Å². The molecule has 0 saturated heterocycles.